The molecule has 1 unspecified atom stereocenters. The topological polar surface area (TPSA) is 38.4 Å². The molecule has 1 atom stereocenters. The van der Waals surface area contributed by atoms with E-state index in [-0.39, 0.29) is 0 Å². The van der Waals surface area contributed by atoms with Gasteiger partial charge in [0.25, 0.3) is 0 Å². The maximum atomic E-state index is 5.71. The van der Waals surface area contributed by atoms with Crippen LogP contribution in [0.3, 0.4) is 0 Å². The molecule has 0 aromatic heterocycles. The van der Waals surface area contributed by atoms with Crippen LogP contribution in [0.15, 0.2) is 4.99 Å². The van der Waals surface area contributed by atoms with Gasteiger partial charge in [-0.25, -0.2) is 0 Å². The van der Waals surface area contributed by atoms with Crippen LogP contribution in [0, 0.1) is 11.8 Å². The molecule has 0 aliphatic carbocycles. The predicted octanol–water partition coefficient (Wildman–Crippen LogP) is 2.04. The molecule has 0 aliphatic heterocycles. The van der Waals surface area contributed by atoms with Gasteiger partial charge in [-0.05, 0) is 12.8 Å². The Balaban J connectivity index is 4.07. The lowest BCUT2D eigenvalue weighted by Gasteiger charge is -2.13. The number of nitrogens with zero attached hydrogens (tertiary/aromatic N) is 1. The van der Waals surface area contributed by atoms with Crippen LogP contribution in [0.2, 0.25) is 0 Å². The largest absolute Gasteiger partial charge is 0.387 e. The van der Waals surface area contributed by atoms with E-state index in [9.17, 15) is 0 Å². The Kier molecular flexibility index (Phi) is 4.16. The normalized spacial score (nSPS) is 16.1. The van der Waals surface area contributed by atoms with Crippen molar-refractivity contribution >= 4 is 5.84 Å². The number of nitrogens with two attached hydrogens (primary N) is 1. The zero-order valence-corrected chi connectivity index (χ0v) is 8.26. The highest BCUT2D eigenvalue weighted by molar-refractivity contribution is 5.82. The smallest absolute Gasteiger partial charge is 0.0966 e. The summed E-state index contributed by atoms with van der Waals surface area (Å²) in [4.78, 5) is 4.37. The zero-order chi connectivity index (χ0) is 9.02. The van der Waals surface area contributed by atoms with Crippen LogP contribution in [-0.2, 0) is 0 Å². The summed E-state index contributed by atoms with van der Waals surface area (Å²) in [6.45, 7) is 10.5. The summed E-state index contributed by atoms with van der Waals surface area (Å²) in [7, 11) is 0. The molecule has 0 heterocycles. The second-order valence-electron chi connectivity index (χ2n) is 3.69. The molecular weight excluding hydrogens is 136 g/mol. The van der Waals surface area contributed by atoms with Crippen molar-refractivity contribution in [1.29, 1.82) is 0 Å². The second kappa shape index (κ2) is 4.37. The van der Waals surface area contributed by atoms with Crippen LogP contribution in [0.5, 0.6) is 0 Å². The summed E-state index contributed by atoms with van der Waals surface area (Å²) in [6.07, 6.45) is 0. The number of hydrogen-bond donors (Lipinski definition) is 1. The molecule has 2 N–H and O–H groups in total. The molecule has 0 fully saturated rings. The molecule has 11 heavy (non-hydrogen) atoms. The minimum absolute atomic E-state index is 0.345. The Hall–Kier alpha value is -0.530. The van der Waals surface area contributed by atoms with Crippen molar-refractivity contribution in [3.8, 4) is 0 Å². The second-order valence-corrected chi connectivity index (χ2v) is 3.69. The molecule has 0 saturated carbocycles. The Morgan fingerprint density at radius 2 is 1.55 bits per heavy atom. The Morgan fingerprint density at radius 1 is 1.09 bits per heavy atom. The summed E-state index contributed by atoms with van der Waals surface area (Å²) in [5.41, 5.74) is 5.71. The molecule has 2 nitrogen and oxygen atoms in total. The lowest BCUT2D eigenvalue weighted by atomic mass is 10.1. The van der Waals surface area contributed by atoms with Crippen LogP contribution in [0.1, 0.15) is 34.6 Å². The molecular formula is C9H20N2. The first-order valence-corrected chi connectivity index (χ1v) is 4.28. The molecule has 0 aromatic rings. The van der Waals surface area contributed by atoms with E-state index in [1.165, 1.54) is 0 Å². The van der Waals surface area contributed by atoms with Gasteiger partial charge in [0.1, 0.15) is 0 Å². The van der Waals surface area contributed by atoms with Crippen LogP contribution in [-0.4, -0.2) is 11.9 Å². The fourth-order valence-corrected chi connectivity index (χ4v) is 0.533. The summed E-state index contributed by atoms with van der Waals surface area (Å²) in [5, 5.41) is 0. The van der Waals surface area contributed by atoms with Crippen LogP contribution in [0.4, 0.5) is 0 Å². The molecule has 0 spiro atoms. The summed E-state index contributed by atoms with van der Waals surface area (Å²) in [5.74, 6) is 1.72. The number of hydrogen-bond acceptors (Lipinski definition) is 1. The van der Waals surface area contributed by atoms with Crippen molar-refractivity contribution in [3.05, 3.63) is 0 Å². The third kappa shape index (κ3) is 4.02. The molecule has 66 valence electrons. The van der Waals surface area contributed by atoms with Crippen LogP contribution < -0.4 is 5.73 Å². The van der Waals surface area contributed by atoms with E-state index >= 15 is 0 Å². The molecule has 0 rings (SSSR count). The summed E-state index contributed by atoms with van der Waals surface area (Å²) in [6, 6.07) is 0.345. The maximum Gasteiger partial charge on any atom is 0.0966 e. The van der Waals surface area contributed by atoms with Crippen molar-refractivity contribution in [1.82, 2.24) is 0 Å². The van der Waals surface area contributed by atoms with E-state index in [0.29, 0.717) is 17.9 Å². The average Bonchev–Trinajstić information content (AvgIpc) is 1.87. The molecule has 0 saturated heterocycles. The third-order valence-electron chi connectivity index (χ3n) is 1.91. The van der Waals surface area contributed by atoms with E-state index in [1.807, 2.05) is 0 Å². The highest BCUT2D eigenvalue weighted by Crippen LogP contribution is 2.06. The summed E-state index contributed by atoms with van der Waals surface area (Å²) < 4.78 is 0. The highest BCUT2D eigenvalue weighted by atomic mass is 14.9. The van der Waals surface area contributed by atoms with Gasteiger partial charge in [0.15, 0.2) is 0 Å². The first-order valence-electron chi connectivity index (χ1n) is 4.28. The van der Waals surface area contributed by atoms with Gasteiger partial charge in [-0.15, -0.1) is 0 Å². The van der Waals surface area contributed by atoms with Gasteiger partial charge in [0, 0.05) is 5.92 Å². The monoisotopic (exact) mass is 156 g/mol. The molecule has 0 aromatic carbocycles. The van der Waals surface area contributed by atoms with Gasteiger partial charge in [-0.2, -0.15) is 0 Å². The number of rotatable bonds is 3. The van der Waals surface area contributed by atoms with E-state index < -0.39 is 0 Å². The minimum atomic E-state index is 0.345. The predicted molar refractivity (Wildman–Crippen MR) is 50.8 cm³/mol. The molecule has 0 aliphatic rings. The SMILES string of the molecule is CC(C)C(N)=NC(C)C(C)C. The van der Waals surface area contributed by atoms with E-state index in [2.05, 4.69) is 39.6 Å². The first kappa shape index (κ1) is 10.5. The Labute approximate surface area is 69.9 Å². The highest BCUT2D eigenvalue weighted by Gasteiger charge is 2.06. The molecule has 0 radical (unpaired) electrons. The summed E-state index contributed by atoms with van der Waals surface area (Å²) >= 11 is 0. The molecule has 0 bridgehead atoms. The van der Waals surface area contributed by atoms with Gasteiger partial charge in [0.2, 0.25) is 0 Å². The van der Waals surface area contributed by atoms with Crippen LogP contribution >= 0.6 is 0 Å². The van der Waals surface area contributed by atoms with Crippen molar-refractivity contribution < 1.29 is 0 Å². The van der Waals surface area contributed by atoms with Gasteiger partial charge in [-0.1, -0.05) is 27.7 Å². The Bertz CT molecular complexity index is 136. The van der Waals surface area contributed by atoms with E-state index in [0.717, 1.165) is 5.84 Å². The lowest BCUT2D eigenvalue weighted by Crippen LogP contribution is -2.22. The Morgan fingerprint density at radius 3 is 1.82 bits per heavy atom. The van der Waals surface area contributed by atoms with Crippen LogP contribution in [0.25, 0.3) is 0 Å². The van der Waals surface area contributed by atoms with E-state index in [1.54, 1.807) is 0 Å². The van der Waals surface area contributed by atoms with Gasteiger partial charge in [-0.3, -0.25) is 4.99 Å². The van der Waals surface area contributed by atoms with Crippen molar-refractivity contribution in [2.75, 3.05) is 0 Å². The van der Waals surface area contributed by atoms with Crippen molar-refractivity contribution in [2.45, 2.75) is 40.7 Å². The van der Waals surface area contributed by atoms with Gasteiger partial charge < -0.3 is 5.73 Å². The zero-order valence-electron chi connectivity index (χ0n) is 8.26. The maximum absolute atomic E-state index is 5.71. The lowest BCUT2D eigenvalue weighted by molar-refractivity contribution is 0.528. The van der Waals surface area contributed by atoms with Gasteiger partial charge in [0.05, 0.1) is 11.9 Å². The standard InChI is InChI=1S/C9H20N2/c1-6(2)8(5)11-9(10)7(3)4/h6-8H,1-5H3,(H2,10,11). The quantitative estimate of drug-likeness (QED) is 0.493. The minimum Gasteiger partial charge on any atom is -0.387 e. The van der Waals surface area contributed by atoms with Gasteiger partial charge >= 0.3 is 0 Å². The average molecular weight is 156 g/mol. The van der Waals surface area contributed by atoms with E-state index in [4.69, 9.17) is 5.73 Å². The van der Waals surface area contributed by atoms with Crippen molar-refractivity contribution in [3.63, 3.8) is 0 Å². The first-order chi connectivity index (χ1) is 4.95. The fraction of sp³-hybridized carbons (Fsp3) is 0.889. The number of aliphatic imine (C=N–C) groups is 1. The molecule has 2 heteroatoms. The fourth-order valence-electron chi connectivity index (χ4n) is 0.533. The third-order valence-corrected chi connectivity index (χ3v) is 1.91. The van der Waals surface area contributed by atoms with Crippen molar-refractivity contribution in [2.24, 2.45) is 22.6 Å². The number of amidine groups is 1. The molecule has 0 amide bonds.